The van der Waals surface area contributed by atoms with Crippen molar-refractivity contribution in [3.63, 3.8) is 0 Å². The van der Waals surface area contributed by atoms with Crippen LogP contribution in [0.5, 0.6) is 5.75 Å². The zero-order valence-corrected chi connectivity index (χ0v) is 18.1. The van der Waals surface area contributed by atoms with Gasteiger partial charge in [-0.15, -0.1) is 0 Å². The molecule has 1 heterocycles. The summed E-state index contributed by atoms with van der Waals surface area (Å²) in [7, 11) is 3.21. The lowest BCUT2D eigenvalue weighted by atomic mass is 10.2. The number of nitrogens with one attached hydrogen (secondary N) is 1. The number of rotatable bonds is 7. The Balaban J connectivity index is 1.54. The van der Waals surface area contributed by atoms with Crippen LogP contribution in [0.25, 0.3) is 10.9 Å². The van der Waals surface area contributed by atoms with Crippen molar-refractivity contribution in [1.82, 2.24) is 9.47 Å². The van der Waals surface area contributed by atoms with Gasteiger partial charge in [0.05, 0.1) is 13.7 Å². The molecular weight excluding hydrogens is 402 g/mol. The summed E-state index contributed by atoms with van der Waals surface area (Å²) in [6.45, 7) is 0.502. The fraction of sp³-hybridized carbons (Fsp3) is 0.154. The number of methoxy groups -OCH3 is 1. The molecule has 4 aromatic rings. The number of anilines is 1. The monoisotopic (exact) mass is 427 g/mol. The van der Waals surface area contributed by atoms with Gasteiger partial charge in [0, 0.05) is 36.2 Å². The molecule has 0 fully saturated rings. The van der Waals surface area contributed by atoms with E-state index >= 15 is 0 Å². The van der Waals surface area contributed by atoms with E-state index in [-0.39, 0.29) is 18.4 Å². The molecule has 0 saturated carbocycles. The first kappa shape index (κ1) is 21.2. The Morgan fingerprint density at radius 1 is 0.938 bits per heavy atom. The number of carbonyl (C=O) groups excluding carboxylic acids is 2. The molecule has 0 unspecified atom stereocenters. The van der Waals surface area contributed by atoms with Crippen molar-refractivity contribution in [2.24, 2.45) is 0 Å². The van der Waals surface area contributed by atoms with Crippen LogP contribution in [0.2, 0.25) is 0 Å². The molecule has 6 nitrogen and oxygen atoms in total. The Hall–Kier alpha value is -4.06. The summed E-state index contributed by atoms with van der Waals surface area (Å²) in [4.78, 5) is 27.3. The minimum absolute atomic E-state index is 0.0666. The standard InChI is InChI=1S/C26H25N3O3/c1-28(18-25(30)27-21-12-8-13-22(16-21)32-2)26(31)24-15-20-11-6-7-14-23(20)29(24)17-19-9-4-3-5-10-19/h3-16H,17-18H2,1-2H3,(H,27,30). The SMILES string of the molecule is COc1cccc(NC(=O)CN(C)C(=O)c2cc3ccccc3n2Cc2ccccc2)c1. The van der Waals surface area contributed by atoms with Crippen LogP contribution in [0.3, 0.4) is 0 Å². The maximum absolute atomic E-state index is 13.3. The van der Waals surface area contributed by atoms with Gasteiger partial charge in [0.25, 0.3) is 5.91 Å². The van der Waals surface area contributed by atoms with Crippen LogP contribution in [0.4, 0.5) is 5.69 Å². The number of nitrogens with zero attached hydrogens (tertiary/aromatic N) is 2. The van der Waals surface area contributed by atoms with Crippen molar-refractivity contribution in [2.45, 2.75) is 6.54 Å². The quantitative estimate of drug-likeness (QED) is 0.475. The number of hydrogen-bond donors (Lipinski definition) is 1. The van der Waals surface area contributed by atoms with E-state index < -0.39 is 0 Å². The molecule has 3 aromatic carbocycles. The van der Waals surface area contributed by atoms with Crippen molar-refractivity contribution in [3.8, 4) is 5.75 Å². The molecule has 32 heavy (non-hydrogen) atoms. The highest BCUT2D eigenvalue weighted by molar-refractivity contribution is 6.01. The molecule has 0 aliphatic heterocycles. The first-order chi connectivity index (χ1) is 15.5. The van der Waals surface area contributed by atoms with Gasteiger partial charge in [0.15, 0.2) is 0 Å². The van der Waals surface area contributed by atoms with Gasteiger partial charge in [-0.25, -0.2) is 0 Å². The van der Waals surface area contributed by atoms with E-state index in [1.807, 2.05) is 65.2 Å². The molecule has 0 bridgehead atoms. The molecule has 1 aromatic heterocycles. The summed E-state index contributed by atoms with van der Waals surface area (Å²) >= 11 is 0. The van der Waals surface area contributed by atoms with E-state index in [1.165, 1.54) is 4.90 Å². The lowest BCUT2D eigenvalue weighted by Gasteiger charge is -2.19. The van der Waals surface area contributed by atoms with Gasteiger partial charge in [-0.2, -0.15) is 0 Å². The molecular formula is C26H25N3O3. The Kier molecular flexibility index (Phi) is 6.22. The minimum Gasteiger partial charge on any atom is -0.497 e. The number of ether oxygens (including phenoxy) is 1. The second-order valence-corrected chi connectivity index (χ2v) is 7.60. The van der Waals surface area contributed by atoms with Crippen molar-refractivity contribution >= 4 is 28.4 Å². The second kappa shape index (κ2) is 9.39. The second-order valence-electron chi connectivity index (χ2n) is 7.60. The van der Waals surface area contributed by atoms with E-state index in [0.29, 0.717) is 23.7 Å². The van der Waals surface area contributed by atoms with E-state index in [2.05, 4.69) is 5.32 Å². The van der Waals surface area contributed by atoms with Crippen molar-refractivity contribution in [3.05, 3.63) is 96.2 Å². The normalized spacial score (nSPS) is 10.7. The molecule has 2 amide bonds. The maximum atomic E-state index is 13.3. The van der Waals surface area contributed by atoms with Gasteiger partial charge >= 0.3 is 0 Å². The molecule has 162 valence electrons. The topological polar surface area (TPSA) is 63.6 Å². The smallest absolute Gasteiger partial charge is 0.270 e. The lowest BCUT2D eigenvalue weighted by molar-refractivity contribution is -0.116. The molecule has 1 N–H and O–H groups in total. The molecule has 6 heteroatoms. The first-order valence-corrected chi connectivity index (χ1v) is 10.4. The van der Waals surface area contributed by atoms with Crippen LogP contribution in [0, 0.1) is 0 Å². The average molecular weight is 428 g/mol. The van der Waals surface area contributed by atoms with Gasteiger partial charge in [0.2, 0.25) is 5.91 Å². The van der Waals surface area contributed by atoms with Crippen LogP contribution in [0.15, 0.2) is 84.9 Å². The number of aromatic nitrogens is 1. The predicted molar refractivity (Wildman–Crippen MR) is 126 cm³/mol. The molecule has 0 radical (unpaired) electrons. The Labute approximate surface area is 187 Å². The number of amides is 2. The third-order valence-electron chi connectivity index (χ3n) is 5.29. The van der Waals surface area contributed by atoms with Gasteiger partial charge in [-0.1, -0.05) is 54.6 Å². The summed E-state index contributed by atoms with van der Waals surface area (Å²) < 4.78 is 7.19. The van der Waals surface area contributed by atoms with E-state index in [9.17, 15) is 9.59 Å². The summed E-state index contributed by atoms with van der Waals surface area (Å²) in [5.41, 5.74) is 3.25. The van der Waals surface area contributed by atoms with Crippen molar-refractivity contribution in [1.29, 1.82) is 0 Å². The molecule has 0 atom stereocenters. The number of carbonyl (C=O) groups is 2. The number of hydrogen-bond acceptors (Lipinski definition) is 3. The molecule has 0 aliphatic rings. The number of likely N-dealkylation sites (N-methyl/N-ethyl adjacent to an activating group) is 1. The van der Waals surface area contributed by atoms with Crippen molar-refractivity contribution < 1.29 is 14.3 Å². The summed E-state index contributed by atoms with van der Waals surface area (Å²) in [5.74, 6) is 0.162. The Morgan fingerprint density at radius 3 is 2.47 bits per heavy atom. The third kappa shape index (κ3) is 4.64. The molecule has 0 saturated heterocycles. The minimum atomic E-state index is -0.278. The Bertz CT molecular complexity index is 1250. The van der Waals surface area contributed by atoms with Crippen LogP contribution in [0.1, 0.15) is 16.1 Å². The zero-order chi connectivity index (χ0) is 22.5. The molecule has 0 spiro atoms. The van der Waals surface area contributed by atoms with Gasteiger partial charge in [-0.05, 0) is 29.8 Å². The van der Waals surface area contributed by atoms with Gasteiger partial charge in [0.1, 0.15) is 11.4 Å². The van der Waals surface area contributed by atoms with Crippen LogP contribution >= 0.6 is 0 Å². The summed E-state index contributed by atoms with van der Waals surface area (Å²) in [6.07, 6.45) is 0. The average Bonchev–Trinajstić information content (AvgIpc) is 3.17. The van der Waals surface area contributed by atoms with E-state index in [4.69, 9.17) is 4.74 Å². The van der Waals surface area contributed by atoms with Gasteiger partial charge < -0.3 is 19.5 Å². The van der Waals surface area contributed by atoms with Crippen LogP contribution in [-0.2, 0) is 11.3 Å². The zero-order valence-electron chi connectivity index (χ0n) is 18.1. The third-order valence-corrected chi connectivity index (χ3v) is 5.29. The lowest BCUT2D eigenvalue weighted by Crippen LogP contribution is -2.36. The highest BCUT2D eigenvalue weighted by atomic mass is 16.5. The largest absolute Gasteiger partial charge is 0.497 e. The Morgan fingerprint density at radius 2 is 1.69 bits per heavy atom. The summed E-state index contributed by atoms with van der Waals surface area (Å²) in [5, 5.41) is 3.80. The number of fused-ring (bicyclic) bond motifs is 1. The number of para-hydroxylation sites is 1. The first-order valence-electron chi connectivity index (χ1n) is 10.4. The molecule has 0 aliphatic carbocycles. The molecule has 4 rings (SSSR count). The van der Waals surface area contributed by atoms with Crippen molar-refractivity contribution in [2.75, 3.05) is 26.0 Å². The highest BCUT2D eigenvalue weighted by Gasteiger charge is 2.21. The maximum Gasteiger partial charge on any atom is 0.270 e. The van der Waals surface area contributed by atoms with Gasteiger partial charge in [-0.3, -0.25) is 9.59 Å². The summed E-state index contributed by atoms with van der Waals surface area (Å²) in [6, 6.07) is 26.9. The highest BCUT2D eigenvalue weighted by Crippen LogP contribution is 2.23. The van der Waals surface area contributed by atoms with Crippen LogP contribution < -0.4 is 10.1 Å². The fourth-order valence-corrected chi connectivity index (χ4v) is 3.71. The van der Waals surface area contributed by atoms with E-state index in [1.54, 1.807) is 38.4 Å². The predicted octanol–water partition coefficient (Wildman–Crippen LogP) is 4.41. The van der Waals surface area contributed by atoms with E-state index in [0.717, 1.165) is 16.5 Å². The van der Waals surface area contributed by atoms with Crippen LogP contribution in [-0.4, -0.2) is 42.0 Å². The fourth-order valence-electron chi connectivity index (χ4n) is 3.71. The number of benzene rings is 3.